The minimum absolute atomic E-state index is 0.204. The highest BCUT2D eigenvalue weighted by atomic mass is 79.9. The fraction of sp³-hybridized carbons (Fsp3) is 0.538. The molecule has 1 aliphatic heterocycles. The number of hydrogen-bond acceptors (Lipinski definition) is 2. The molecular formula is C13H17BrFNO. The van der Waals surface area contributed by atoms with Gasteiger partial charge in [0.1, 0.15) is 11.6 Å². The Hall–Kier alpha value is -0.610. The van der Waals surface area contributed by atoms with E-state index in [0.717, 1.165) is 37.1 Å². The number of ether oxygens (including phenoxy) is 1. The van der Waals surface area contributed by atoms with Gasteiger partial charge in [-0.05, 0) is 53.9 Å². The Kier molecular flexibility index (Phi) is 4.40. The first-order chi connectivity index (χ1) is 8.22. The van der Waals surface area contributed by atoms with Crippen molar-refractivity contribution in [2.75, 3.05) is 13.2 Å². The van der Waals surface area contributed by atoms with Crippen LogP contribution in [0.4, 0.5) is 4.39 Å². The van der Waals surface area contributed by atoms with Crippen molar-refractivity contribution in [2.45, 2.75) is 32.2 Å². The molecule has 1 N–H and O–H groups in total. The first-order valence-electron chi connectivity index (χ1n) is 6.07. The standard InChI is InChI=1S/C13H17BrFNO/c1-2-5-16-12-4-3-6-17-13-8-10(14)11(15)7-9(12)13/h7-8,12,16H,2-6H2,1H3. The molecule has 1 aromatic carbocycles. The average Bonchev–Trinajstić information content (AvgIpc) is 2.50. The van der Waals surface area contributed by atoms with Crippen molar-refractivity contribution in [3.63, 3.8) is 0 Å². The zero-order valence-corrected chi connectivity index (χ0v) is 11.5. The molecule has 0 saturated heterocycles. The smallest absolute Gasteiger partial charge is 0.137 e. The van der Waals surface area contributed by atoms with Gasteiger partial charge in [0.25, 0.3) is 0 Å². The van der Waals surface area contributed by atoms with Crippen molar-refractivity contribution in [2.24, 2.45) is 0 Å². The maximum absolute atomic E-state index is 13.6. The zero-order valence-electron chi connectivity index (χ0n) is 9.93. The average molecular weight is 302 g/mol. The predicted octanol–water partition coefficient (Wildman–Crippen LogP) is 3.80. The highest BCUT2D eigenvalue weighted by molar-refractivity contribution is 9.10. The predicted molar refractivity (Wildman–Crippen MR) is 69.9 cm³/mol. The second-order valence-electron chi connectivity index (χ2n) is 4.30. The second kappa shape index (κ2) is 5.83. The maximum atomic E-state index is 13.6. The van der Waals surface area contributed by atoms with E-state index in [2.05, 4.69) is 28.2 Å². The molecule has 1 heterocycles. The summed E-state index contributed by atoms with van der Waals surface area (Å²) in [5.41, 5.74) is 0.941. The molecule has 94 valence electrons. The maximum Gasteiger partial charge on any atom is 0.137 e. The molecule has 4 heteroatoms. The van der Waals surface area contributed by atoms with Crippen molar-refractivity contribution in [3.8, 4) is 5.75 Å². The van der Waals surface area contributed by atoms with E-state index in [1.165, 1.54) is 0 Å². The van der Waals surface area contributed by atoms with Gasteiger partial charge in [-0.15, -0.1) is 0 Å². The van der Waals surface area contributed by atoms with Crippen LogP contribution >= 0.6 is 15.9 Å². The van der Waals surface area contributed by atoms with E-state index in [4.69, 9.17) is 4.74 Å². The van der Waals surface area contributed by atoms with Crippen molar-refractivity contribution in [3.05, 3.63) is 28.0 Å². The lowest BCUT2D eigenvalue weighted by Gasteiger charge is -2.18. The molecule has 0 spiro atoms. The Morgan fingerprint density at radius 3 is 3.12 bits per heavy atom. The van der Waals surface area contributed by atoms with Crippen LogP contribution in [0.5, 0.6) is 5.75 Å². The van der Waals surface area contributed by atoms with Crippen LogP contribution in [0.2, 0.25) is 0 Å². The summed E-state index contributed by atoms with van der Waals surface area (Å²) < 4.78 is 19.7. The lowest BCUT2D eigenvalue weighted by molar-refractivity contribution is 0.314. The Bertz CT molecular complexity index is 397. The van der Waals surface area contributed by atoms with Crippen molar-refractivity contribution in [1.82, 2.24) is 5.32 Å². The third-order valence-electron chi connectivity index (χ3n) is 2.96. The first-order valence-corrected chi connectivity index (χ1v) is 6.86. The number of fused-ring (bicyclic) bond motifs is 1. The van der Waals surface area contributed by atoms with Gasteiger partial charge in [-0.2, -0.15) is 0 Å². The lowest BCUT2D eigenvalue weighted by atomic mass is 10.0. The fourth-order valence-corrected chi connectivity index (χ4v) is 2.42. The van der Waals surface area contributed by atoms with Crippen LogP contribution in [0.15, 0.2) is 16.6 Å². The van der Waals surface area contributed by atoms with Gasteiger partial charge in [-0.1, -0.05) is 6.92 Å². The van der Waals surface area contributed by atoms with E-state index in [0.29, 0.717) is 11.1 Å². The number of halogens is 2. The van der Waals surface area contributed by atoms with Crippen LogP contribution in [0.1, 0.15) is 37.8 Å². The second-order valence-corrected chi connectivity index (χ2v) is 5.16. The molecule has 0 fully saturated rings. The molecule has 1 atom stereocenters. The number of rotatable bonds is 3. The van der Waals surface area contributed by atoms with Crippen LogP contribution in [0.3, 0.4) is 0 Å². The molecule has 0 aliphatic carbocycles. The van der Waals surface area contributed by atoms with Crippen molar-refractivity contribution >= 4 is 15.9 Å². The molecular weight excluding hydrogens is 285 g/mol. The number of hydrogen-bond donors (Lipinski definition) is 1. The molecule has 17 heavy (non-hydrogen) atoms. The molecule has 0 amide bonds. The summed E-state index contributed by atoms with van der Waals surface area (Å²) in [5.74, 6) is 0.571. The van der Waals surface area contributed by atoms with Crippen molar-refractivity contribution in [1.29, 1.82) is 0 Å². The molecule has 2 nitrogen and oxygen atoms in total. The summed E-state index contributed by atoms with van der Waals surface area (Å²) in [4.78, 5) is 0. The highest BCUT2D eigenvalue weighted by Gasteiger charge is 2.21. The first kappa shape index (κ1) is 12.8. The molecule has 0 bridgehead atoms. The van der Waals surface area contributed by atoms with Crippen molar-refractivity contribution < 1.29 is 9.13 Å². The summed E-state index contributed by atoms with van der Waals surface area (Å²) in [6, 6.07) is 3.52. The Morgan fingerprint density at radius 1 is 1.53 bits per heavy atom. The summed E-state index contributed by atoms with van der Waals surface area (Å²) in [7, 11) is 0. The molecule has 1 aromatic rings. The van der Waals surface area contributed by atoms with Crippen LogP contribution in [-0.4, -0.2) is 13.2 Å². The van der Waals surface area contributed by atoms with Gasteiger partial charge < -0.3 is 10.1 Å². The van der Waals surface area contributed by atoms with Crippen LogP contribution in [-0.2, 0) is 0 Å². The highest BCUT2D eigenvalue weighted by Crippen LogP contribution is 2.35. The fourth-order valence-electron chi connectivity index (χ4n) is 2.10. The SMILES string of the molecule is CCCNC1CCCOc2cc(Br)c(F)cc21. The molecule has 1 aliphatic rings. The minimum Gasteiger partial charge on any atom is -0.493 e. The third-order valence-corrected chi connectivity index (χ3v) is 3.57. The molecule has 0 saturated carbocycles. The summed E-state index contributed by atoms with van der Waals surface area (Å²) in [5, 5.41) is 3.45. The van der Waals surface area contributed by atoms with E-state index in [9.17, 15) is 4.39 Å². The van der Waals surface area contributed by atoms with E-state index in [1.54, 1.807) is 12.1 Å². The number of benzene rings is 1. The zero-order chi connectivity index (χ0) is 12.3. The summed E-state index contributed by atoms with van der Waals surface area (Å²) in [6.45, 7) is 3.78. The lowest BCUT2D eigenvalue weighted by Crippen LogP contribution is -2.21. The Balaban J connectivity index is 2.30. The minimum atomic E-state index is -0.224. The van der Waals surface area contributed by atoms with Gasteiger partial charge in [0.15, 0.2) is 0 Å². The van der Waals surface area contributed by atoms with Gasteiger partial charge in [0, 0.05) is 11.6 Å². The number of nitrogens with one attached hydrogen (secondary N) is 1. The quantitative estimate of drug-likeness (QED) is 0.917. The van der Waals surface area contributed by atoms with E-state index in [-0.39, 0.29) is 11.9 Å². The summed E-state index contributed by atoms with van der Waals surface area (Å²) in [6.07, 6.45) is 3.06. The van der Waals surface area contributed by atoms with Gasteiger partial charge in [0.2, 0.25) is 0 Å². The monoisotopic (exact) mass is 301 g/mol. The summed E-state index contributed by atoms with van der Waals surface area (Å²) >= 11 is 3.20. The normalized spacial score (nSPS) is 19.4. The Labute approximate surface area is 110 Å². The van der Waals surface area contributed by atoms with Gasteiger partial charge >= 0.3 is 0 Å². The van der Waals surface area contributed by atoms with Crippen LogP contribution in [0.25, 0.3) is 0 Å². The van der Waals surface area contributed by atoms with Gasteiger partial charge in [-0.25, -0.2) is 4.39 Å². The van der Waals surface area contributed by atoms with E-state index < -0.39 is 0 Å². The third kappa shape index (κ3) is 2.99. The topological polar surface area (TPSA) is 21.3 Å². The van der Waals surface area contributed by atoms with Crippen LogP contribution < -0.4 is 10.1 Å². The molecule has 0 aromatic heterocycles. The van der Waals surface area contributed by atoms with Crippen LogP contribution in [0, 0.1) is 5.82 Å². The van der Waals surface area contributed by atoms with E-state index >= 15 is 0 Å². The largest absolute Gasteiger partial charge is 0.493 e. The van der Waals surface area contributed by atoms with E-state index in [1.807, 2.05) is 0 Å². The molecule has 2 rings (SSSR count). The van der Waals surface area contributed by atoms with Gasteiger partial charge in [0.05, 0.1) is 11.1 Å². The van der Waals surface area contributed by atoms with Gasteiger partial charge in [-0.3, -0.25) is 0 Å². The Morgan fingerprint density at radius 2 is 2.35 bits per heavy atom. The molecule has 1 unspecified atom stereocenters. The molecule has 0 radical (unpaired) electrons.